The molecular weight excluding hydrogens is 282 g/mol. The van der Waals surface area contributed by atoms with Crippen LogP contribution in [0.1, 0.15) is 39.5 Å². The second-order valence-electron chi connectivity index (χ2n) is 5.16. The van der Waals surface area contributed by atoms with E-state index < -0.39 is 27.9 Å². The number of carbonyl (C=O) groups excluding carboxylic acids is 2. The summed E-state index contributed by atoms with van der Waals surface area (Å²) in [5.74, 6) is -0.680. The molecule has 1 fully saturated rings. The third kappa shape index (κ3) is 4.19. The number of carbonyl (C=O) groups is 2. The standard InChI is InChI=1S/C13H23NO5S/c1-4-5-6-12(15)14(10(2)13(16)19-3)11-7-8-20(17,18)9-11/h10-11H,4-9H2,1-3H3/t10-,11-/m0/s1. The molecule has 1 aliphatic heterocycles. The van der Waals surface area contributed by atoms with E-state index in [-0.39, 0.29) is 17.4 Å². The van der Waals surface area contributed by atoms with Gasteiger partial charge in [0.25, 0.3) is 0 Å². The number of methoxy groups -OCH3 is 1. The van der Waals surface area contributed by atoms with Crippen molar-refractivity contribution < 1.29 is 22.7 Å². The largest absolute Gasteiger partial charge is 0.467 e. The van der Waals surface area contributed by atoms with Crippen LogP contribution < -0.4 is 0 Å². The fourth-order valence-corrected chi connectivity index (χ4v) is 4.18. The van der Waals surface area contributed by atoms with Crippen molar-refractivity contribution in [2.45, 2.75) is 51.6 Å². The highest BCUT2D eigenvalue weighted by Crippen LogP contribution is 2.22. The van der Waals surface area contributed by atoms with E-state index in [1.54, 1.807) is 6.92 Å². The Morgan fingerprint density at radius 3 is 2.50 bits per heavy atom. The van der Waals surface area contributed by atoms with Gasteiger partial charge in [-0.15, -0.1) is 0 Å². The molecule has 1 saturated heterocycles. The molecule has 0 unspecified atom stereocenters. The Morgan fingerprint density at radius 2 is 2.05 bits per heavy atom. The molecule has 7 heteroatoms. The van der Waals surface area contributed by atoms with Crippen LogP contribution in [0, 0.1) is 0 Å². The summed E-state index contributed by atoms with van der Waals surface area (Å²) in [4.78, 5) is 25.4. The Hall–Kier alpha value is -1.11. The monoisotopic (exact) mass is 305 g/mol. The molecule has 2 atom stereocenters. The first-order chi connectivity index (χ1) is 9.32. The third-order valence-electron chi connectivity index (χ3n) is 3.59. The van der Waals surface area contributed by atoms with Crippen molar-refractivity contribution in [1.82, 2.24) is 4.90 Å². The summed E-state index contributed by atoms with van der Waals surface area (Å²) in [7, 11) is -1.84. The number of hydrogen-bond donors (Lipinski definition) is 0. The molecule has 0 aliphatic carbocycles. The first-order valence-corrected chi connectivity index (χ1v) is 8.74. The second kappa shape index (κ2) is 7.06. The predicted octanol–water partition coefficient (Wildman–Crippen LogP) is 0.754. The molecule has 1 heterocycles. The average Bonchev–Trinajstić information content (AvgIpc) is 2.75. The summed E-state index contributed by atoms with van der Waals surface area (Å²) in [5.41, 5.74) is 0. The zero-order chi connectivity index (χ0) is 15.3. The summed E-state index contributed by atoms with van der Waals surface area (Å²) >= 11 is 0. The number of sulfone groups is 1. The fraction of sp³-hybridized carbons (Fsp3) is 0.846. The summed E-state index contributed by atoms with van der Waals surface area (Å²) < 4.78 is 27.9. The average molecular weight is 305 g/mol. The molecule has 0 spiro atoms. The number of rotatable bonds is 6. The number of amides is 1. The Labute approximate surface area is 120 Å². The van der Waals surface area contributed by atoms with Crippen LogP contribution in [-0.4, -0.2) is 55.9 Å². The van der Waals surface area contributed by atoms with E-state index >= 15 is 0 Å². The van der Waals surface area contributed by atoms with Crippen LogP contribution in [0.5, 0.6) is 0 Å². The number of ether oxygens (including phenoxy) is 1. The molecule has 1 rings (SSSR count). The zero-order valence-corrected chi connectivity index (χ0v) is 13.1. The van der Waals surface area contributed by atoms with Gasteiger partial charge in [-0.3, -0.25) is 4.79 Å². The molecule has 1 amide bonds. The lowest BCUT2D eigenvalue weighted by Gasteiger charge is -2.32. The lowest BCUT2D eigenvalue weighted by atomic mass is 10.1. The van der Waals surface area contributed by atoms with Gasteiger partial charge >= 0.3 is 5.97 Å². The van der Waals surface area contributed by atoms with Crippen molar-refractivity contribution in [3.8, 4) is 0 Å². The highest BCUT2D eigenvalue weighted by molar-refractivity contribution is 7.91. The summed E-state index contributed by atoms with van der Waals surface area (Å²) in [6.07, 6.45) is 2.31. The van der Waals surface area contributed by atoms with E-state index in [2.05, 4.69) is 4.74 Å². The molecule has 0 bridgehead atoms. The van der Waals surface area contributed by atoms with E-state index in [0.717, 1.165) is 12.8 Å². The number of nitrogens with zero attached hydrogens (tertiary/aromatic N) is 1. The van der Waals surface area contributed by atoms with Gasteiger partial charge in [0.05, 0.1) is 18.6 Å². The van der Waals surface area contributed by atoms with E-state index in [1.807, 2.05) is 6.92 Å². The minimum Gasteiger partial charge on any atom is -0.467 e. The molecule has 0 aromatic rings. The van der Waals surface area contributed by atoms with Crippen LogP contribution in [-0.2, 0) is 24.2 Å². The van der Waals surface area contributed by atoms with Gasteiger partial charge in [0.2, 0.25) is 5.91 Å². The van der Waals surface area contributed by atoms with Gasteiger partial charge in [-0.05, 0) is 19.8 Å². The van der Waals surface area contributed by atoms with Gasteiger partial charge in [0.15, 0.2) is 9.84 Å². The Morgan fingerprint density at radius 1 is 1.40 bits per heavy atom. The number of hydrogen-bond acceptors (Lipinski definition) is 5. The van der Waals surface area contributed by atoms with Crippen LogP contribution in [0.3, 0.4) is 0 Å². The van der Waals surface area contributed by atoms with Gasteiger partial charge in [0.1, 0.15) is 6.04 Å². The smallest absolute Gasteiger partial charge is 0.328 e. The van der Waals surface area contributed by atoms with Crippen molar-refractivity contribution in [3.05, 3.63) is 0 Å². The molecule has 6 nitrogen and oxygen atoms in total. The highest BCUT2D eigenvalue weighted by Gasteiger charge is 2.38. The maximum absolute atomic E-state index is 12.3. The number of unbranched alkanes of at least 4 members (excludes halogenated alkanes) is 1. The maximum Gasteiger partial charge on any atom is 0.328 e. The first kappa shape index (κ1) is 16.9. The summed E-state index contributed by atoms with van der Waals surface area (Å²) in [6.45, 7) is 3.56. The predicted molar refractivity (Wildman–Crippen MR) is 74.9 cm³/mol. The fourth-order valence-electron chi connectivity index (χ4n) is 2.47. The topological polar surface area (TPSA) is 80.8 Å². The summed E-state index contributed by atoms with van der Waals surface area (Å²) in [6, 6.07) is -1.17. The quantitative estimate of drug-likeness (QED) is 0.677. The van der Waals surface area contributed by atoms with Gasteiger partial charge < -0.3 is 9.64 Å². The third-order valence-corrected chi connectivity index (χ3v) is 5.34. The van der Waals surface area contributed by atoms with Crippen LogP contribution in [0.4, 0.5) is 0 Å². The van der Waals surface area contributed by atoms with Crippen molar-refractivity contribution in [3.63, 3.8) is 0 Å². The lowest BCUT2D eigenvalue weighted by molar-refractivity contribution is -0.153. The highest BCUT2D eigenvalue weighted by atomic mass is 32.2. The Kier molecular flexibility index (Phi) is 5.98. The van der Waals surface area contributed by atoms with Gasteiger partial charge in [-0.25, -0.2) is 13.2 Å². The van der Waals surface area contributed by atoms with E-state index in [4.69, 9.17) is 0 Å². The Balaban J connectivity index is 2.90. The van der Waals surface area contributed by atoms with Crippen molar-refractivity contribution in [2.24, 2.45) is 0 Å². The maximum atomic E-state index is 12.3. The first-order valence-electron chi connectivity index (χ1n) is 6.91. The van der Waals surface area contributed by atoms with Crippen LogP contribution in [0.25, 0.3) is 0 Å². The van der Waals surface area contributed by atoms with Gasteiger partial charge in [-0.1, -0.05) is 13.3 Å². The number of esters is 1. The van der Waals surface area contributed by atoms with Crippen LogP contribution in [0.15, 0.2) is 0 Å². The second-order valence-corrected chi connectivity index (χ2v) is 7.39. The van der Waals surface area contributed by atoms with Crippen molar-refractivity contribution in [1.29, 1.82) is 0 Å². The molecule has 0 aromatic heterocycles. The summed E-state index contributed by atoms with van der Waals surface area (Å²) in [5, 5.41) is 0. The van der Waals surface area contributed by atoms with E-state index in [0.29, 0.717) is 12.8 Å². The molecule has 0 radical (unpaired) electrons. The minimum absolute atomic E-state index is 0.0633. The zero-order valence-electron chi connectivity index (χ0n) is 12.3. The van der Waals surface area contributed by atoms with Crippen LogP contribution >= 0.6 is 0 Å². The normalized spacial score (nSPS) is 22.2. The molecule has 116 valence electrons. The van der Waals surface area contributed by atoms with Crippen LogP contribution in [0.2, 0.25) is 0 Å². The molecular formula is C13H23NO5S. The van der Waals surface area contributed by atoms with Gasteiger partial charge in [-0.2, -0.15) is 0 Å². The van der Waals surface area contributed by atoms with Crippen molar-refractivity contribution >= 4 is 21.7 Å². The lowest BCUT2D eigenvalue weighted by Crippen LogP contribution is -2.50. The van der Waals surface area contributed by atoms with Gasteiger partial charge in [0, 0.05) is 12.5 Å². The van der Waals surface area contributed by atoms with E-state index in [1.165, 1.54) is 12.0 Å². The van der Waals surface area contributed by atoms with E-state index in [9.17, 15) is 18.0 Å². The molecule has 0 saturated carbocycles. The SMILES string of the molecule is CCCCC(=O)N([C@H]1CCS(=O)(=O)C1)[C@@H](C)C(=O)OC. The Bertz CT molecular complexity index is 459. The molecule has 20 heavy (non-hydrogen) atoms. The van der Waals surface area contributed by atoms with Crippen molar-refractivity contribution in [2.75, 3.05) is 18.6 Å². The molecule has 1 aliphatic rings. The molecule has 0 aromatic carbocycles. The molecule has 0 N–H and O–H groups in total. The minimum atomic E-state index is -3.11.